The summed E-state index contributed by atoms with van der Waals surface area (Å²) in [6, 6.07) is 1.59. The summed E-state index contributed by atoms with van der Waals surface area (Å²) < 4.78 is 10.7. The van der Waals surface area contributed by atoms with Crippen LogP contribution in [-0.2, 0) is 4.74 Å². The lowest BCUT2D eigenvalue weighted by Crippen LogP contribution is -2.12. The maximum absolute atomic E-state index is 5.75. The van der Waals surface area contributed by atoms with Crippen molar-refractivity contribution in [1.29, 1.82) is 0 Å². The Labute approximate surface area is 94.6 Å². The molecule has 1 rings (SSSR count). The zero-order chi connectivity index (χ0) is 11.3. The molecule has 1 aromatic heterocycles. The Bertz CT molecular complexity index is 298. The van der Waals surface area contributed by atoms with Gasteiger partial charge in [-0.2, -0.15) is 4.98 Å². The lowest BCUT2D eigenvalue weighted by Gasteiger charge is -2.08. The molecule has 0 amide bonds. The molecule has 5 heteroatoms. The quantitative estimate of drug-likeness (QED) is 0.575. The number of ether oxygens (including phenoxy) is 2. The predicted molar refractivity (Wildman–Crippen MR) is 58.4 cm³/mol. The van der Waals surface area contributed by atoms with E-state index in [1.165, 1.54) is 0 Å². The van der Waals surface area contributed by atoms with Gasteiger partial charge < -0.3 is 9.47 Å². The molecule has 4 nitrogen and oxygen atoms in total. The number of rotatable bonds is 5. The van der Waals surface area contributed by atoms with Gasteiger partial charge in [0.05, 0.1) is 12.7 Å². The Hall–Kier alpha value is -0.870. The second-order valence-electron chi connectivity index (χ2n) is 3.34. The normalized spacial score (nSPS) is 10.7. The molecule has 84 valence electrons. The number of aromatic nitrogens is 2. The molecule has 0 saturated carbocycles. The first-order valence-corrected chi connectivity index (χ1v) is 5.21. The molecule has 0 spiro atoms. The molecule has 0 unspecified atom stereocenters. The third-order valence-electron chi connectivity index (χ3n) is 1.57. The molecule has 1 heterocycles. The molecule has 0 fully saturated rings. The number of hydrogen-bond acceptors (Lipinski definition) is 4. The van der Waals surface area contributed by atoms with Gasteiger partial charge in [0, 0.05) is 6.07 Å². The predicted octanol–water partition coefficient (Wildman–Crippen LogP) is 2.24. The Morgan fingerprint density at radius 3 is 2.67 bits per heavy atom. The Morgan fingerprint density at radius 2 is 2.07 bits per heavy atom. The maximum atomic E-state index is 5.75. The summed E-state index contributed by atoms with van der Waals surface area (Å²) in [5.74, 6) is 1.09. The molecule has 0 aliphatic rings. The Kier molecular flexibility index (Phi) is 4.78. The van der Waals surface area contributed by atoms with Gasteiger partial charge in [0.2, 0.25) is 5.88 Å². The highest BCUT2D eigenvalue weighted by Gasteiger charge is 2.01. The summed E-state index contributed by atoms with van der Waals surface area (Å²) in [5.41, 5.74) is 0. The van der Waals surface area contributed by atoms with Crippen molar-refractivity contribution < 1.29 is 9.47 Å². The van der Waals surface area contributed by atoms with Gasteiger partial charge in [-0.15, -0.1) is 0 Å². The van der Waals surface area contributed by atoms with Gasteiger partial charge in [-0.25, -0.2) is 4.98 Å². The highest BCUT2D eigenvalue weighted by atomic mass is 35.5. The molecule has 0 radical (unpaired) electrons. The van der Waals surface area contributed by atoms with E-state index in [9.17, 15) is 0 Å². The second-order valence-corrected chi connectivity index (χ2v) is 3.73. The smallest absolute Gasteiger partial charge is 0.218 e. The first-order chi connectivity index (χ1) is 7.08. The summed E-state index contributed by atoms with van der Waals surface area (Å²) in [6.45, 7) is 6.73. The average Bonchev–Trinajstić information content (AvgIpc) is 2.10. The molecule has 1 aromatic rings. The highest BCUT2D eigenvalue weighted by molar-refractivity contribution is 6.29. The largest absolute Gasteiger partial charge is 0.475 e. The molecular formula is C10H15ClN2O2. The maximum Gasteiger partial charge on any atom is 0.218 e. The molecule has 0 bridgehead atoms. The number of halogens is 1. The fourth-order valence-electron chi connectivity index (χ4n) is 1.01. The van der Waals surface area contributed by atoms with Crippen LogP contribution in [0.1, 0.15) is 19.7 Å². The molecule has 0 saturated heterocycles. The van der Waals surface area contributed by atoms with Crippen LogP contribution in [0.3, 0.4) is 0 Å². The van der Waals surface area contributed by atoms with Crippen LogP contribution in [0.25, 0.3) is 0 Å². The van der Waals surface area contributed by atoms with E-state index in [-0.39, 0.29) is 6.10 Å². The van der Waals surface area contributed by atoms with Gasteiger partial charge in [-0.05, 0) is 20.8 Å². The summed E-state index contributed by atoms with van der Waals surface area (Å²) in [4.78, 5) is 8.01. The van der Waals surface area contributed by atoms with Crippen LogP contribution in [-0.4, -0.2) is 29.3 Å². The second kappa shape index (κ2) is 5.88. The lowest BCUT2D eigenvalue weighted by molar-refractivity contribution is 0.0542. The number of aryl methyl sites for hydroxylation is 1. The van der Waals surface area contributed by atoms with Gasteiger partial charge in [0.15, 0.2) is 0 Å². The summed E-state index contributed by atoms with van der Waals surface area (Å²) >= 11 is 5.75. The fourth-order valence-corrected chi connectivity index (χ4v) is 1.23. The van der Waals surface area contributed by atoms with Crippen molar-refractivity contribution in [2.24, 2.45) is 0 Å². The molecule has 0 aliphatic carbocycles. The van der Waals surface area contributed by atoms with Crippen LogP contribution >= 0.6 is 11.6 Å². The first kappa shape index (κ1) is 12.2. The van der Waals surface area contributed by atoms with Crippen molar-refractivity contribution in [2.45, 2.75) is 26.9 Å². The van der Waals surface area contributed by atoms with Crippen molar-refractivity contribution in [3.8, 4) is 5.88 Å². The average molecular weight is 231 g/mol. The van der Waals surface area contributed by atoms with Crippen molar-refractivity contribution in [3.63, 3.8) is 0 Å². The van der Waals surface area contributed by atoms with Crippen molar-refractivity contribution in [1.82, 2.24) is 9.97 Å². The molecule has 0 aromatic carbocycles. The van der Waals surface area contributed by atoms with Crippen LogP contribution in [0.2, 0.25) is 5.15 Å². The molecule has 0 atom stereocenters. The molecule has 0 N–H and O–H groups in total. The van der Waals surface area contributed by atoms with Crippen LogP contribution in [0.4, 0.5) is 0 Å². The third kappa shape index (κ3) is 4.95. The van der Waals surface area contributed by atoms with Crippen LogP contribution < -0.4 is 4.74 Å². The topological polar surface area (TPSA) is 44.2 Å². The fraction of sp³-hybridized carbons (Fsp3) is 0.600. The van der Waals surface area contributed by atoms with Crippen LogP contribution in [0, 0.1) is 6.92 Å². The van der Waals surface area contributed by atoms with Crippen molar-refractivity contribution in [3.05, 3.63) is 17.0 Å². The van der Waals surface area contributed by atoms with Crippen LogP contribution in [0.5, 0.6) is 5.88 Å². The van der Waals surface area contributed by atoms with E-state index in [0.717, 1.165) is 0 Å². The zero-order valence-corrected chi connectivity index (χ0v) is 9.91. The van der Waals surface area contributed by atoms with E-state index in [1.807, 2.05) is 13.8 Å². The summed E-state index contributed by atoms with van der Waals surface area (Å²) in [5, 5.41) is 0.391. The van der Waals surface area contributed by atoms with Gasteiger partial charge in [-0.3, -0.25) is 0 Å². The Morgan fingerprint density at radius 1 is 1.33 bits per heavy atom. The van der Waals surface area contributed by atoms with Crippen molar-refractivity contribution in [2.75, 3.05) is 13.2 Å². The van der Waals surface area contributed by atoms with E-state index in [1.54, 1.807) is 13.0 Å². The SMILES string of the molecule is Cc1nc(Cl)cc(OCCOC(C)C)n1. The first-order valence-electron chi connectivity index (χ1n) is 4.83. The minimum atomic E-state index is 0.212. The summed E-state index contributed by atoms with van der Waals surface area (Å²) in [6.07, 6.45) is 0.212. The number of hydrogen-bond donors (Lipinski definition) is 0. The van der Waals surface area contributed by atoms with Gasteiger partial charge in [0.25, 0.3) is 0 Å². The zero-order valence-electron chi connectivity index (χ0n) is 9.16. The van der Waals surface area contributed by atoms with Gasteiger partial charge in [0.1, 0.15) is 17.6 Å². The monoisotopic (exact) mass is 230 g/mol. The number of nitrogens with zero attached hydrogens (tertiary/aromatic N) is 2. The standard InChI is InChI=1S/C10H15ClN2O2/c1-7(2)14-4-5-15-10-6-9(11)12-8(3)13-10/h6-7H,4-5H2,1-3H3. The van der Waals surface area contributed by atoms with E-state index < -0.39 is 0 Å². The van der Waals surface area contributed by atoms with Crippen molar-refractivity contribution >= 4 is 11.6 Å². The minimum absolute atomic E-state index is 0.212. The Balaban J connectivity index is 2.37. The minimum Gasteiger partial charge on any atom is -0.475 e. The summed E-state index contributed by atoms with van der Waals surface area (Å²) in [7, 11) is 0. The van der Waals surface area contributed by atoms with E-state index in [4.69, 9.17) is 21.1 Å². The highest BCUT2D eigenvalue weighted by Crippen LogP contribution is 2.12. The molecule has 15 heavy (non-hydrogen) atoms. The van der Waals surface area contributed by atoms with E-state index >= 15 is 0 Å². The molecule has 0 aliphatic heterocycles. The lowest BCUT2D eigenvalue weighted by atomic mass is 10.5. The van der Waals surface area contributed by atoms with E-state index in [0.29, 0.717) is 30.1 Å². The van der Waals surface area contributed by atoms with Gasteiger partial charge >= 0.3 is 0 Å². The third-order valence-corrected chi connectivity index (χ3v) is 1.76. The molecular weight excluding hydrogens is 216 g/mol. The van der Waals surface area contributed by atoms with Gasteiger partial charge in [-0.1, -0.05) is 11.6 Å². The van der Waals surface area contributed by atoms with Crippen LogP contribution in [0.15, 0.2) is 6.07 Å². The van der Waals surface area contributed by atoms with E-state index in [2.05, 4.69) is 9.97 Å².